The molecule has 0 aromatic carbocycles. The molecule has 3 heterocycles. The van der Waals surface area contributed by atoms with E-state index < -0.39 is 0 Å². The van der Waals surface area contributed by atoms with Crippen LogP contribution in [-0.2, 0) is 6.54 Å². The van der Waals surface area contributed by atoms with Crippen molar-refractivity contribution in [2.45, 2.75) is 13.5 Å². The van der Waals surface area contributed by atoms with Crippen molar-refractivity contribution in [3.63, 3.8) is 0 Å². The van der Waals surface area contributed by atoms with Crippen molar-refractivity contribution in [2.24, 2.45) is 0 Å². The van der Waals surface area contributed by atoms with Crippen molar-refractivity contribution in [3.8, 4) is 0 Å². The number of anilines is 1. The lowest BCUT2D eigenvalue weighted by Gasteiger charge is -2.00. The Balaban J connectivity index is 1.79. The van der Waals surface area contributed by atoms with E-state index in [-0.39, 0.29) is 0 Å². The zero-order valence-electron chi connectivity index (χ0n) is 10.0. The van der Waals surface area contributed by atoms with Crippen molar-refractivity contribution >= 4 is 11.6 Å². The second-order valence-electron chi connectivity index (χ2n) is 4.15. The first-order chi connectivity index (χ1) is 8.81. The van der Waals surface area contributed by atoms with Crippen LogP contribution < -0.4 is 5.32 Å². The predicted molar refractivity (Wildman–Crippen MR) is 69.3 cm³/mol. The first-order valence-corrected chi connectivity index (χ1v) is 5.77. The number of pyridine rings is 2. The highest BCUT2D eigenvalue weighted by Gasteiger charge is 2.02. The summed E-state index contributed by atoms with van der Waals surface area (Å²) in [5, 5.41) is 7.57. The zero-order valence-corrected chi connectivity index (χ0v) is 10.0. The molecule has 0 spiro atoms. The second kappa shape index (κ2) is 4.44. The lowest BCUT2D eigenvalue weighted by atomic mass is 10.3. The highest BCUT2D eigenvalue weighted by Crippen LogP contribution is 2.08. The fourth-order valence-corrected chi connectivity index (χ4v) is 1.74. The minimum absolute atomic E-state index is 0.636. The normalized spacial score (nSPS) is 10.7. The Bertz CT molecular complexity index is 659. The number of hydrogen-bond donors (Lipinski definition) is 1. The maximum absolute atomic E-state index is 4.39. The smallest absolute Gasteiger partial charge is 0.243 e. The average molecular weight is 239 g/mol. The van der Waals surface area contributed by atoms with Crippen molar-refractivity contribution in [3.05, 3.63) is 54.0 Å². The summed E-state index contributed by atoms with van der Waals surface area (Å²) in [4.78, 5) is 8.38. The fourth-order valence-electron chi connectivity index (χ4n) is 1.74. The largest absolute Gasteiger partial charge is 0.349 e. The van der Waals surface area contributed by atoms with Crippen LogP contribution in [0.5, 0.6) is 0 Å². The Hall–Kier alpha value is -2.43. The third-order valence-corrected chi connectivity index (χ3v) is 2.68. The van der Waals surface area contributed by atoms with Crippen molar-refractivity contribution in [1.82, 2.24) is 19.6 Å². The summed E-state index contributed by atoms with van der Waals surface area (Å²) in [5.74, 6) is 0.636. The third-order valence-electron chi connectivity index (χ3n) is 2.68. The molecule has 0 aliphatic heterocycles. The Morgan fingerprint density at radius 3 is 2.83 bits per heavy atom. The summed E-state index contributed by atoms with van der Waals surface area (Å²) in [7, 11) is 0. The van der Waals surface area contributed by atoms with Gasteiger partial charge in [-0.3, -0.25) is 4.98 Å². The highest BCUT2D eigenvalue weighted by molar-refractivity contribution is 5.44. The van der Waals surface area contributed by atoms with Crippen LogP contribution in [0.25, 0.3) is 5.65 Å². The monoisotopic (exact) mass is 239 g/mol. The molecule has 0 amide bonds. The minimum atomic E-state index is 0.636. The van der Waals surface area contributed by atoms with Crippen LogP contribution in [0.3, 0.4) is 0 Å². The Labute approximate surface area is 105 Å². The van der Waals surface area contributed by atoms with Gasteiger partial charge < -0.3 is 5.32 Å². The zero-order chi connectivity index (χ0) is 12.4. The first-order valence-electron chi connectivity index (χ1n) is 5.77. The summed E-state index contributed by atoms with van der Waals surface area (Å²) in [6, 6.07) is 7.91. The molecule has 5 nitrogen and oxygen atoms in total. The number of nitrogens with zero attached hydrogens (tertiary/aromatic N) is 4. The molecular weight excluding hydrogens is 226 g/mol. The molecule has 18 heavy (non-hydrogen) atoms. The number of fused-ring (bicyclic) bond motifs is 1. The molecule has 0 radical (unpaired) electrons. The summed E-state index contributed by atoms with van der Waals surface area (Å²) < 4.78 is 1.78. The molecule has 0 saturated heterocycles. The van der Waals surface area contributed by atoms with Gasteiger partial charge in [0, 0.05) is 25.1 Å². The van der Waals surface area contributed by atoms with Crippen LogP contribution in [0.15, 0.2) is 42.9 Å². The lowest BCUT2D eigenvalue weighted by Crippen LogP contribution is -2.01. The summed E-state index contributed by atoms with van der Waals surface area (Å²) in [6.07, 6.45) is 5.51. The van der Waals surface area contributed by atoms with E-state index in [9.17, 15) is 0 Å². The number of hydrogen-bond acceptors (Lipinski definition) is 4. The van der Waals surface area contributed by atoms with Gasteiger partial charge in [0.2, 0.25) is 5.95 Å². The van der Waals surface area contributed by atoms with Gasteiger partial charge in [0.25, 0.3) is 0 Å². The molecule has 0 unspecified atom stereocenters. The molecule has 3 aromatic rings. The van der Waals surface area contributed by atoms with Gasteiger partial charge >= 0.3 is 0 Å². The van der Waals surface area contributed by atoms with E-state index >= 15 is 0 Å². The Kier molecular flexibility index (Phi) is 2.64. The summed E-state index contributed by atoms with van der Waals surface area (Å²) in [6.45, 7) is 2.73. The minimum Gasteiger partial charge on any atom is -0.349 e. The van der Waals surface area contributed by atoms with E-state index in [1.165, 1.54) is 0 Å². The van der Waals surface area contributed by atoms with E-state index in [4.69, 9.17) is 0 Å². The summed E-state index contributed by atoms with van der Waals surface area (Å²) >= 11 is 0. The number of rotatable bonds is 3. The van der Waals surface area contributed by atoms with E-state index in [0.717, 1.165) is 16.8 Å². The first kappa shape index (κ1) is 10.7. The predicted octanol–water partition coefficient (Wildman–Crippen LogP) is 2.04. The molecular formula is C13H13N5. The number of nitrogens with one attached hydrogen (secondary N) is 1. The fraction of sp³-hybridized carbons (Fsp3) is 0.154. The summed E-state index contributed by atoms with van der Waals surface area (Å²) in [5.41, 5.74) is 3.16. The molecule has 1 N–H and O–H groups in total. The SMILES string of the molecule is Cc1ccc2nc(NCc3ccncc3)nn2c1. The third kappa shape index (κ3) is 2.15. The topological polar surface area (TPSA) is 55.1 Å². The molecule has 5 heteroatoms. The molecule has 0 saturated carbocycles. The van der Waals surface area contributed by atoms with Crippen LogP contribution in [-0.4, -0.2) is 19.6 Å². The van der Waals surface area contributed by atoms with Crippen LogP contribution in [0.4, 0.5) is 5.95 Å². The van der Waals surface area contributed by atoms with Gasteiger partial charge in [-0.2, -0.15) is 4.98 Å². The Morgan fingerprint density at radius 2 is 2.00 bits per heavy atom. The molecule has 0 fully saturated rings. The van der Waals surface area contributed by atoms with E-state index in [2.05, 4.69) is 20.4 Å². The second-order valence-corrected chi connectivity index (χ2v) is 4.15. The maximum atomic E-state index is 4.39. The van der Waals surface area contributed by atoms with Gasteiger partial charge in [0.05, 0.1) is 0 Å². The van der Waals surface area contributed by atoms with Gasteiger partial charge in [-0.15, -0.1) is 5.10 Å². The lowest BCUT2D eigenvalue weighted by molar-refractivity contribution is 0.942. The van der Waals surface area contributed by atoms with Gasteiger partial charge in [-0.05, 0) is 36.2 Å². The van der Waals surface area contributed by atoms with Crippen molar-refractivity contribution in [1.29, 1.82) is 0 Å². The molecule has 0 aliphatic rings. The standard InChI is InChI=1S/C13H13N5/c1-10-2-3-12-16-13(17-18(12)9-10)15-8-11-4-6-14-7-5-11/h2-7,9H,8H2,1H3,(H,15,17). The van der Waals surface area contributed by atoms with Crippen LogP contribution in [0.1, 0.15) is 11.1 Å². The van der Waals surface area contributed by atoms with Gasteiger partial charge in [0.1, 0.15) is 0 Å². The van der Waals surface area contributed by atoms with Crippen LogP contribution >= 0.6 is 0 Å². The van der Waals surface area contributed by atoms with Crippen molar-refractivity contribution < 1.29 is 0 Å². The van der Waals surface area contributed by atoms with Gasteiger partial charge in [-0.25, -0.2) is 4.52 Å². The van der Waals surface area contributed by atoms with Crippen LogP contribution in [0.2, 0.25) is 0 Å². The van der Waals surface area contributed by atoms with Crippen LogP contribution in [0, 0.1) is 6.92 Å². The molecule has 90 valence electrons. The Morgan fingerprint density at radius 1 is 1.17 bits per heavy atom. The van der Waals surface area contributed by atoms with Gasteiger partial charge in [0.15, 0.2) is 5.65 Å². The molecule has 0 bridgehead atoms. The molecule has 3 aromatic heterocycles. The molecule has 3 rings (SSSR count). The van der Waals surface area contributed by atoms with E-state index in [0.29, 0.717) is 12.5 Å². The molecule has 0 atom stereocenters. The number of aromatic nitrogens is 4. The average Bonchev–Trinajstić information content (AvgIpc) is 2.79. The van der Waals surface area contributed by atoms with Crippen molar-refractivity contribution in [2.75, 3.05) is 5.32 Å². The molecule has 0 aliphatic carbocycles. The maximum Gasteiger partial charge on any atom is 0.243 e. The quantitative estimate of drug-likeness (QED) is 0.760. The van der Waals surface area contributed by atoms with Gasteiger partial charge in [-0.1, -0.05) is 6.07 Å². The number of aryl methyl sites for hydroxylation is 1. The van der Waals surface area contributed by atoms with E-state index in [1.54, 1.807) is 16.9 Å². The highest BCUT2D eigenvalue weighted by atomic mass is 15.3. The van der Waals surface area contributed by atoms with E-state index in [1.807, 2.05) is 37.4 Å².